The largest absolute Gasteiger partial charge is 0.399 e. The number of fused-ring (bicyclic) bond motifs is 1. The van der Waals surface area contributed by atoms with Crippen molar-refractivity contribution in [3.8, 4) is 5.82 Å². The number of aryl methyl sites for hydroxylation is 1. The first-order valence-electron chi connectivity index (χ1n) is 7.46. The van der Waals surface area contributed by atoms with Crippen LogP contribution in [0.15, 0.2) is 42.9 Å². The Morgan fingerprint density at radius 3 is 2.75 bits per heavy atom. The minimum Gasteiger partial charge on any atom is -0.399 e. The van der Waals surface area contributed by atoms with Crippen LogP contribution in [0.5, 0.6) is 0 Å². The molecule has 0 radical (unpaired) electrons. The molecule has 24 heavy (non-hydrogen) atoms. The Labute approximate surface area is 137 Å². The van der Waals surface area contributed by atoms with Gasteiger partial charge in [-0.3, -0.25) is 0 Å². The predicted molar refractivity (Wildman–Crippen MR) is 91.6 cm³/mol. The van der Waals surface area contributed by atoms with Crippen molar-refractivity contribution in [3.63, 3.8) is 0 Å². The number of nitrogen functional groups attached to an aromatic ring is 2. The van der Waals surface area contributed by atoms with Gasteiger partial charge in [-0.05, 0) is 30.2 Å². The molecule has 1 aromatic carbocycles. The maximum atomic E-state index is 5.88. The molecule has 4 aromatic rings. The number of nitrogens with zero attached hydrogens (tertiary/aromatic N) is 6. The second-order valence-electron chi connectivity index (χ2n) is 5.59. The molecule has 120 valence electrons. The van der Waals surface area contributed by atoms with Crippen LogP contribution in [0, 0.1) is 6.92 Å². The maximum Gasteiger partial charge on any atom is 0.224 e. The normalized spacial score (nSPS) is 11.2. The number of anilines is 2. The second-order valence-corrected chi connectivity index (χ2v) is 5.59. The lowest BCUT2D eigenvalue weighted by Gasteiger charge is -2.07. The van der Waals surface area contributed by atoms with Crippen LogP contribution < -0.4 is 11.5 Å². The maximum absolute atomic E-state index is 5.88. The summed E-state index contributed by atoms with van der Waals surface area (Å²) in [6, 6.07) is 7.75. The van der Waals surface area contributed by atoms with Crippen LogP contribution in [0.4, 0.5) is 11.6 Å². The van der Waals surface area contributed by atoms with Crippen LogP contribution in [0.1, 0.15) is 11.1 Å². The SMILES string of the molecule is Cc1cc(Cn2ncc3c(-n4cccn4)nc(N)nc32)ccc1N. The van der Waals surface area contributed by atoms with Crippen LogP contribution >= 0.6 is 0 Å². The standard InChI is InChI=1S/C16H16N8/c1-10-7-11(3-4-13(10)17)9-24-15-12(8-20-24)14(21-16(18)22-15)23-6-2-5-19-23/h2-8H,9,17H2,1H3,(H2,18,21,22). The Hall–Kier alpha value is -3.42. The molecule has 3 heterocycles. The lowest BCUT2D eigenvalue weighted by molar-refractivity contribution is 0.703. The first-order chi connectivity index (χ1) is 11.6. The van der Waals surface area contributed by atoms with Gasteiger partial charge >= 0.3 is 0 Å². The van der Waals surface area contributed by atoms with Crippen molar-refractivity contribution in [2.75, 3.05) is 11.5 Å². The van der Waals surface area contributed by atoms with Gasteiger partial charge in [0.2, 0.25) is 5.95 Å². The lowest BCUT2D eigenvalue weighted by Crippen LogP contribution is -2.07. The van der Waals surface area contributed by atoms with Crippen molar-refractivity contribution in [3.05, 3.63) is 54.0 Å². The molecule has 0 atom stereocenters. The molecule has 0 aliphatic heterocycles. The number of nitrogens with two attached hydrogens (primary N) is 2. The second kappa shape index (κ2) is 5.34. The minimum atomic E-state index is 0.184. The van der Waals surface area contributed by atoms with Gasteiger partial charge in [0.15, 0.2) is 11.5 Å². The van der Waals surface area contributed by atoms with E-state index in [1.165, 1.54) is 0 Å². The molecule has 0 fully saturated rings. The van der Waals surface area contributed by atoms with Gasteiger partial charge < -0.3 is 11.5 Å². The third kappa shape index (κ3) is 2.34. The third-order valence-corrected chi connectivity index (χ3v) is 3.88. The Balaban J connectivity index is 1.81. The summed E-state index contributed by atoms with van der Waals surface area (Å²) in [6.45, 7) is 2.55. The molecule has 0 unspecified atom stereocenters. The van der Waals surface area contributed by atoms with Gasteiger partial charge in [-0.15, -0.1) is 0 Å². The molecule has 4 rings (SSSR count). The van der Waals surface area contributed by atoms with E-state index < -0.39 is 0 Å². The summed E-state index contributed by atoms with van der Waals surface area (Å²) in [5, 5.41) is 9.44. The quantitative estimate of drug-likeness (QED) is 0.553. The Morgan fingerprint density at radius 2 is 2.00 bits per heavy atom. The molecule has 0 aliphatic carbocycles. The van der Waals surface area contributed by atoms with Gasteiger partial charge in [-0.1, -0.05) is 12.1 Å². The average molecular weight is 320 g/mol. The lowest BCUT2D eigenvalue weighted by atomic mass is 10.1. The van der Waals surface area contributed by atoms with Crippen molar-refractivity contribution in [1.29, 1.82) is 0 Å². The van der Waals surface area contributed by atoms with E-state index in [1.807, 2.05) is 37.4 Å². The van der Waals surface area contributed by atoms with Crippen molar-refractivity contribution in [1.82, 2.24) is 29.5 Å². The molecule has 0 bridgehead atoms. The first kappa shape index (κ1) is 14.2. The van der Waals surface area contributed by atoms with E-state index in [9.17, 15) is 0 Å². The van der Waals surface area contributed by atoms with Gasteiger partial charge in [-0.2, -0.15) is 20.2 Å². The van der Waals surface area contributed by atoms with E-state index in [1.54, 1.807) is 21.8 Å². The molecule has 8 heteroatoms. The van der Waals surface area contributed by atoms with Crippen LogP contribution in [0.2, 0.25) is 0 Å². The number of hydrogen-bond donors (Lipinski definition) is 2. The van der Waals surface area contributed by atoms with Crippen molar-refractivity contribution in [2.45, 2.75) is 13.5 Å². The van der Waals surface area contributed by atoms with Crippen molar-refractivity contribution < 1.29 is 0 Å². The first-order valence-corrected chi connectivity index (χ1v) is 7.46. The Bertz CT molecular complexity index is 1020. The molecule has 0 saturated heterocycles. The van der Waals surface area contributed by atoms with E-state index in [0.29, 0.717) is 18.0 Å². The minimum absolute atomic E-state index is 0.184. The average Bonchev–Trinajstić information content (AvgIpc) is 3.21. The number of rotatable bonds is 3. The summed E-state index contributed by atoms with van der Waals surface area (Å²) >= 11 is 0. The summed E-state index contributed by atoms with van der Waals surface area (Å²) in [5.41, 5.74) is 15.3. The van der Waals surface area contributed by atoms with Crippen LogP contribution in [0.25, 0.3) is 16.9 Å². The highest BCUT2D eigenvalue weighted by molar-refractivity contribution is 5.83. The number of hydrogen-bond acceptors (Lipinski definition) is 6. The van der Waals surface area contributed by atoms with E-state index in [-0.39, 0.29) is 5.95 Å². The van der Waals surface area contributed by atoms with E-state index in [2.05, 4.69) is 20.2 Å². The summed E-state index contributed by atoms with van der Waals surface area (Å²) in [6.07, 6.45) is 5.23. The summed E-state index contributed by atoms with van der Waals surface area (Å²) in [7, 11) is 0. The predicted octanol–water partition coefficient (Wildman–Crippen LogP) is 1.53. The summed E-state index contributed by atoms with van der Waals surface area (Å²) < 4.78 is 3.45. The number of benzene rings is 1. The summed E-state index contributed by atoms with van der Waals surface area (Å²) in [5.74, 6) is 0.797. The zero-order chi connectivity index (χ0) is 16.7. The monoisotopic (exact) mass is 320 g/mol. The van der Waals surface area contributed by atoms with Gasteiger partial charge in [0.05, 0.1) is 18.1 Å². The third-order valence-electron chi connectivity index (χ3n) is 3.88. The highest BCUT2D eigenvalue weighted by Crippen LogP contribution is 2.21. The van der Waals surface area contributed by atoms with Gasteiger partial charge in [0.1, 0.15) is 0 Å². The van der Waals surface area contributed by atoms with E-state index >= 15 is 0 Å². The Kier molecular flexibility index (Phi) is 3.16. The fourth-order valence-electron chi connectivity index (χ4n) is 2.65. The molecule has 0 aliphatic rings. The van der Waals surface area contributed by atoms with Crippen LogP contribution in [-0.4, -0.2) is 29.5 Å². The highest BCUT2D eigenvalue weighted by atomic mass is 15.3. The molecular formula is C16H16N8. The zero-order valence-corrected chi connectivity index (χ0v) is 13.1. The zero-order valence-electron chi connectivity index (χ0n) is 13.1. The van der Waals surface area contributed by atoms with E-state index in [4.69, 9.17) is 11.5 Å². The van der Waals surface area contributed by atoms with E-state index in [0.717, 1.165) is 22.2 Å². The van der Waals surface area contributed by atoms with Crippen LogP contribution in [-0.2, 0) is 6.54 Å². The van der Waals surface area contributed by atoms with Crippen molar-refractivity contribution >= 4 is 22.7 Å². The highest BCUT2D eigenvalue weighted by Gasteiger charge is 2.14. The van der Waals surface area contributed by atoms with Crippen LogP contribution in [0.3, 0.4) is 0 Å². The fraction of sp³-hybridized carbons (Fsp3) is 0.125. The number of aromatic nitrogens is 6. The molecule has 0 spiro atoms. The van der Waals surface area contributed by atoms with Crippen molar-refractivity contribution in [2.24, 2.45) is 0 Å². The Morgan fingerprint density at radius 1 is 1.12 bits per heavy atom. The molecule has 8 nitrogen and oxygen atoms in total. The fourth-order valence-corrected chi connectivity index (χ4v) is 2.65. The smallest absolute Gasteiger partial charge is 0.224 e. The van der Waals surface area contributed by atoms with Gasteiger partial charge in [0.25, 0.3) is 0 Å². The summed E-state index contributed by atoms with van der Waals surface area (Å²) in [4.78, 5) is 8.63. The molecule has 3 aromatic heterocycles. The molecule has 0 amide bonds. The molecule has 0 saturated carbocycles. The molecular weight excluding hydrogens is 304 g/mol. The van der Waals surface area contributed by atoms with Gasteiger partial charge in [0, 0.05) is 18.1 Å². The topological polar surface area (TPSA) is 113 Å². The molecule has 4 N–H and O–H groups in total. The van der Waals surface area contributed by atoms with Gasteiger partial charge in [-0.25, -0.2) is 9.36 Å².